The predicted molar refractivity (Wildman–Crippen MR) is 192 cm³/mol. The largest absolute Gasteiger partial charge is 0.242 e. The lowest BCUT2D eigenvalue weighted by atomic mass is 10.0. The van der Waals surface area contributed by atoms with Gasteiger partial charge in [-0.2, -0.15) is 5.12 Å². The molecule has 0 atom stereocenters. The van der Waals surface area contributed by atoms with Crippen LogP contribution in [0.5, 0.6) is 0 Å². The Hall–Kier alpha value is -0.120. The highest BCUT2D eigenvalue weighted by Crippen LogP contribution is 2.16. The van der Waals surface area contributed by atoms with Gasteiger partial charge in [-0.05, 0) is 31.1 Å². The molecule has 0 unspecified atom stereocenters. The van der Waals surface area contributed by atoms with Crippen LogP contribution in [0, 0.1) is 11.8 Å². The van der Waals surface area contributed by atoms with E-state index in [1.165, 1.54) is 186 Å². The Morgan fingerprint density at radius 2 is 0.595 bits per heavy atom. The van der Waals surface area contributed by atoms with E-state index in [-0.39, 0.29) is 0 Å². The summed E-state index contributed by atoms with van der Waals surface area (Å²) in [4.78, 5) is 0. The van der Waals surface area contributed by atoms with Gasteiger partial charge in [0.05, 0.1) is 0 Å². The van der Waals surface area contributed by atoms with E-state index in [1.54, 1.807) is 0 Å². The van der Waals surface area contributed by atoms with Crippen LogP contribution in [0.15, 0.2) is 0 Å². The van der Waals surface area contributed by atoms with Crippen molar-refractivity contribution >= 4 is 0 Å². The van der Waals surface area contributed by atoms with Gasteiger partial charge in [0, 0.05) is 19.6 Å². The van der Waals surface area contributed by atoms with Gasteiger partial charge < -0.3 is 0 Å². The van der Waals surface area contributed by atoms with E-state index in [4.69, 9.17) is 0 Å². The molecule has 0 aromatic rings. The topological polar surface area (TPSA) is 27.3 Å². The van der Waals surface area contributed by atoms with Gasteiger partial charge in [0.25, 0.3) is 0 Å². The van der Waals surface area contributed by atoms with Gasteiger partial charge in [0.2, 0.25) is 0 Å². The summed E-state index contributed by atoms with van der Waals surface area (Å²) in [7, 11) is 0. The average molecular weight is 594 g/mol. The van der Waals surface area contributed by atoms with E-state index in [0.29, 0.717) is 0 Å². The smallest absolute Gasteiger partial charge is 0.0285 e. The van der Waals surface area contributed by atoms with Gasteiger partial charge in [-0.25, -0.2) is 10.9 Å². The fourth-order valence-electron chi connectivity index (χ4n) is 6.11. The van der Waals surface area contributed by atoms with Crippen LogP contribution in [-0.2, 0) is 0 Å². The van der Waals surface area contributed by atoms with Crippen LogP contribution >= 0.6 is 0 Å². The number of hydrogen-bond donors (Lipinski definition) is 2. The minimum absolute atomic E-state index is 0.886. The molecule has 0 aromatic carbocycles. The molecule has 0 saturated heterocycles. The molecule has 3 heteroatoms. The summed E-state index contributed by atoms with van der Waals surface area (Å²) in [6.45, 7) is 15.0. The molecule has 0 aromatic heterocycles. The normalized spacial score (nSPS) is 12.0. The number of unbranched alkanes of at least 4 members (excludes halogenated alkanes) is 24. The fraction of sp³-hybridized carbons (Fsp3) is 1.00. The van der Waals surface area contributed by atoms with Crippen LogP contribution in [0.1, 0.15) is 221 Å². The van der Waals surface area contributed by atoms with Crippen molar-refractivity contribution < 1.29 is 0 Å². The first-order valence-corrected chi connectivity index (χ1v) is 19.8. The van der Waals surface area contributed by atoms with Crippen LogP contribution < -0.4 is 10.9 Å². The first-order valence-electron chi connectivity index (χ1n) is 19.8. The molecule has 0 aliphatic heterocycles. The molecule has 0 fully saturated rings. The minimum Gasteiger partial charge on any atom is -0.242 e. The molecule has 0 aliphatic rings. The molecular formula is C39H83N3. The monoisotopic (exact) mass is 594 g/mol. The molecule has 0 bridgehead atoms. The third-order valence-corrected chi connectivity index (χ3v) is 8.97. The van der Waals surface area contributed by atoms with Crippen LogP contribution in [0.4, 0.5) is 0 Å². The van der Waals surface area contributed by atoms with Crippen molar-refractivity contribution in [3.8, 4) is 0 Å². The van der Waals surface area contributed by atoms with Crippen LogP contribution in [0.25, 0.3) is 0 Å². The number of nitrogens with one attached hydrogen (secondary N) is 2. The molecule has 0 heterocycles. The summed E-state index contributed by atoms with van der Waals surface area (Å²) in [5, 5.41) is 2.27. The Bertz CT molecular complexity index is 438. The van der Waals surface area contributed by atoms with Crippen molar-refractivity contribution in [3.05, 3.63) is 0 Å². The van der Waals surface area contributed by atoms with Gasteiger partial charge in [-0.1, -0.05) is 202 Å². The van der Waals surface area contributed by atoms with Crippen molar-refractivity contribution in [3.63, 3.8) is 0 Å². The molecule has 42 heavy (non-hydrogen) atoms. The van der Waals surface area contributed by atoms with Crippen LogP contribution in [-0.4, -0.2) is 24.8 Å². The Kier molecular flexibility index (Phi) is 35.3. The molecule has 254 valence electrons. The summed E-state index contributed by atoms with van der Waals surface area (Å²) in [5.74, 6) is 1.77. The zero-order chi connectivity index (χ0) is 30.8. The van der Waals surface area contributed by atoms with Gasteiger partial charge in [0.1, 0.15) is 0 Å². The average Bonchev–Trinajstić information content (AvgIpc) is 2.96. The summed E-state index contributed by atoms with van der Waals surface area (Å²) < 4.78 is 0. The standard InChI is InChI=1S/C39H83N3/c1-6-37-42(40-35-31-27-23-19-15-11-7-9-13-17-21-25-29-33-38(2)3)41-36-32-28-24-20-16-12-8-10-14-18-22-26-30-34-39(4)5/h38-41H,6-37H2,1-5H3. The SMILES string of the molecule is CCCN(NCCCCCCCCCCCCCCCC(C)C)NCCCCCCCCCCCCCCCC(C)C. The lowest BCUT2D eigenvalue weighted by Crippen LogP contribution is -2.49. The molecule has 2 N–H and O–H groups in total. The van der Waals surface area contributed by atoms with Gasteiger partial charge in [-0.15, -0.1) is 0 Å². The maximum Gasteiger partial charge on any atom is 0.0285 e. The van der Waals surface area contributed by atoms with E-state index >= 15 is 0 Å². The Morgan fingerprint density at radius 3 is 0.833 bits per heavy atom. The summed E-state index contributed by atoms with van der Waals surface area (Å²) in [6, 6.07) is 0. The zero-order valence-corrected chi connectivity index (χ0v) is 30.2. The Balaban J connectivity index is 3.36. The first kappa shape index (κ1) is 41.9. The van der Waals surface area contributed by atoms with Gasteiger partial charge in [0.15, 0.2) is 0 Å². The summed E-state index contributed by atoms with van der Waals surface area (Å²) >= 11 is 0. The molecular weight excluding hydrogens is 510 g/mol. The molecule has 0 spiro atoms. The van der Waals surface area contributed by atoms with E-state index in [9.17, 15) is 0 Å². The Morgan fingerprint density at radius 1 is 0.357 bits per heavy atom. The summed E-state index contributed by atoms with van der Waals surface area (Å²) in [5.41, 5.74) is 7.29. The number of nitrogens with zero attached hydrogens (tertiary/aromatic N) is 1. The van der Waals surface area contributed by atoms with Gasteiger partial charge >= 0.3 is 0 Å². The molecule has 0 radical (unpaired) electrons. The van der Waals surface area contributed by atoms with Crippen molar-refractivity contribution in [2.75, 3.05) is 19.6 Å². The second-order valence-electron chi connectivity index (χ2n) is 14.5. The Labute approximate surface area is 267 Å². The van der Waals surface area contributed by atoms with Crippen molar-refractivity contribution in [1.29, 1.82) is 0 Å². The van der Waals surface area contributed by atoms with Crippen molar-refractivity contribution in [1.82, 2.24) is 16.0 Å². The van der Waals surface area contributed by atoms with Crippen molar-refractivity contribution in [2.24, 2.45) is 11.8 Å². The zero-order valence-electron chi connectivity index (χ0n) is 30.2. The van der Waals surface area contributed by atoms with Gasteiger partial charge in [-0.3, -0.25) is 0 Å². The molecule has 0 saturated carbocycles. The lowest BCUT2D eigenvalue weighted by Gasteiger charge is -2.23. The summed E-state index contributed by atoms with van der Waals surface area (Å²) in [6.07, 6.45) is 41.4. The quantitative estimate of drug-likeness (QED) is 0.0559. The number of hydrazine groups is 2. The second-order valence-corrected chi connectivity index (χ2v) is 14.5. The third kappa shape index (κ3) is 36.1. The number of hydrogen-bond acceptors (Lipinski definition) is 3. The first-order chi connectivity index (χ1) is 20.6. The van der Waals surface area contributed by atoms with E-state index in [1.807, 2.05) is 0 Å². The highest BCUT2D eigenvalue weighted by atomic mass is 15.7. The fourth-order valence-corrected chi connectivity index (χ4v) is 6.11. The maximum absolute atomic E-state index is 3.65. The minimum atomic E-state index is 0.886. The van der Waals surface area contributed by atoms with E-state index < -0.39 is 0 Å². The molecule has 0 rings (SSSR count). The number of rotatable bonds is 36. The molecule has 0 aliphatic carbocycles. The van der Waals surface area contributed by atoms with Crippen LogP contribution in [0.2, 0.25) is 0 Å². The maximum atomic E-state index is 3.65. The second kappa shape index (κ2) is 35.4. The lowest BCUT2D eigenvalue weighted by molar-refractivity contribution is 0.112. The van der Waals surface area contributed by atoms with E-state index in [2.05, 4.69) is 50.6 Å². The highest BCUT2D eigenvalue weighted by molar-refractivity contribution is 4.54. The molecule has 3 nitrogen and oxygen atoms in total. The van der Waals surface area contributed by atoms with Crippen molar-refractivity contribution in [2.45, 2.75) is 221 Å². The predicted octanol–water partition coefficient (Wildman–Crippen LogP) is 12.9. The van der Waals surface area contributed by atoms with Crippen LogP contribution in [0.3, 0.4) is 0 Å². The molecule has 0 amide bonds. The highest BCUT2D eigenvalue weighted by Gasteiger charge is 2.02. The van der Waals surface area contributed by atoms with E-state index in [0.717, 1.165) is 31.5 Å². The third-order valence-electron chi connectivity index (χ3n) is 8.97.